The van der Waals surface area contributed by atoms with Gasteiger partial charge in [0, 0.05) is 11.3 Å². The van der Waals surface area contributed by atoms with Crippen molar-refractivity contribution in [3.05, 3.63) is 60.2 Å². The predicted molar refractivity (Wildman–Crippen MR) is 102 cm³/mol. The molecule has 0 radical (unpaired) electrons. The van der Waals surface area contributed by atoms with Gasteiger partial charge in [-0.3, -0.25) is 0 Å². The van der Waals surface area contributed by atoms with Gasteiger partial charge in [-0.15, -0.1) is 0 Å². The first-order valence-electron chi connectivity index (χ1n) is 8.32. The number of benzene rings is 2. The van der Waals surface area contributed by atoms with Crippen molar-refractivity contribution in [2.75, 3.05) is 38.6 Å². The van der Waals surface area contributed by atoms with Crippen LogP contribution in [-0.4, -0.2) is 43.3 Å². The van der Waals surface area contributed by atoms with E-state index in [1.807, 2.05) is 24.3 Å². The van der Waals surface area contributed by atoms with Gasteiger partial charge in [0.05, 0.1) is 33.3 Å². The molecule has 2 aromatic carbocycles. The predicted octanol–water partition coefficient (Wildman–Crippen LogP) is 1.79. The number of piperazine rings is 1. The molecule has 1 saturated heterocycles. The van der Waals surface area contributed by atoms with Gasteiger partial charge < -0.3 is 19.9 Å². The molecule has 0 saturated carbocycles. The molecule has 0 aromatic heterocycles. The van der Waals surface area contributed by atoms with E-state index in [0.29, 0.717) is 0 Å². The number of rotatable bonds is 4. The lowest BCUT2D eigenvalue weighted by atomic mass is 10.2. The Balaban J connectivity index is 1.47. The van der Waals surface area contributed by atoms with E-state index in [1.165, 1.54) is 5.56 Å². The van der Waals surface area contributed by atoms with Crippen molar-refractivity contribution in [1.82, 2.24) is 4.90 Å². The highest BCUT2D eigenvalue weighted by Crippen LogP contribution is 2.15. The minimum absolute atomic E-state index is 0.805. The fourth-order valence-corrected chi connectivity index (χ4v) is 3.26. The summed E-state index contributed by atoms with van der Waals surface area (Å²) in [7, 11) is 1.67. The number of ether oxygens (including phenoxy) is 1. The SMILES string of the molecule is COc1ccc(NC(=S)N2CC[NH+](Cc3ccccc3)CC2)cc1. The van der Waals surface area contributed by atoms with E-state index in [0.717, 1.165) is 49.3 Å². The van der Waals surface area contributed by atoms with Gasteiger partial charge in [0.25, 0.3) is 0 Å². The molecule has 5 heteroatoms. The minimum atomic E-state index is 0.805. The molecule has 1 aliphatic rings. The molecule has 1 heterocycles. The number of hydrogen-bond donors (Lipinski definition) is 2. The highest BCUT2D eigenvalue weighted by Gasteiger charge is 2.21. The van der Waals surface area contributed by atoms with Crippen molar-refractivity contribution < 1.29 is 9.64 Å². The average Bonchev–Trinajstić information content (AvgIpc) is 2.64. The Morgan fingerprint density at radius 3 is 2.38 bits per heavy atom. The maximum absolute atomic E-state index is 5.56. The number of methoxy groups -OCH3 is 1. The zero-order valence-electron chi connectivity index (χ0n) is 14.0. The summed E-state index contributed by atoms with van der Waals surface area (Å²) in [6.45, 7) is 5.29. The molecule has 1 fully saturated rings. The number of thiocarbonyl (C=S) groups is 1. The fraction of sp³-hybridized carbons (Fsp3) is 0.316. The lowest BCUT2D eigenvalue weighted by Crippen LogP contribution is -3.13. The van der Waals surface area contributed by atoms with E-state index < -0.39 is 0 Å². The molecule has 0 amide bonds. The van der Waals surface area contributed by atoms with Crippen LogP contribution in [0.1, 0.15) is 5.56 Å². The summed E-state index contributed by atoms with van der Waals surface area (Å²) < 4.78 is 5.18. The summed E-state index contributed by atoms with van der Waals surface area (Å²) in [6, 6.07) is 18.5. The summed E-state index contributed by atoms with van der Waals surface area (Å²) in [4.78, 5) is 3.87. The van der Waals surface area contributed by atoms with Gasteiger partial charge in [0.15, 0.2) is 5.11 Å². The molecular weight excluding hydrogens is 318 g/mol. The Kier molecular flexibility index (Phi) is 5.67. The Bertz CT molecular complexity index is 652. The minimum Gasteiger partial charge on any atom is -0.497 e. The van der Waals surface area contributed by atoms with Crippen LogP contribution >= 0.6 is 12.2 Å². The Morgan fingerprint density at radius 1 is 1.08 bits per heavy atom. The molecule has 2 N–H and O–H groups in total. The summed E-state index contributed by atoms with van der Waals surface area (Å²) >= 11 is 5.56. The molecule has 0 bridgehead atoms. The van der Waals surface area contributed by atoms with Gasteiger partial charge in [-0.2, -0.15) is 0 Å². The van der Waals surface area contributed by atoms with Crippen molar-refractivity contribution in [2.45, 2.75) is 6.54 Å². The number of nitrogens with one attached hydrogen (secondary N) is 2. The topological polar surface area (TPSA) is 28.9 Å². The summed E-state index contributed by atoms with van der Waals surface area (Å²) in [5, 5.41) is 4.12. The monoisotopic (exact) mass is 342 g/mol. The fourth-order valence-electron chi connectivity index (χ4n) is 2.96. The van der Waals surface area contributed by atoms with Crippen molar-refractivity contribution in [2.24, 2.45) is 0 Å². The van der Waals surface area contributed by atoms with Crippen LogP contribution in [0.3, 0.4) is 0 Å². The van der Waals surface area contributed by atoms with Crippen LogP contribution in [-0.2, 0) is 6.54 Å². The number of nitrogens with zero attached hydrogens (tertiary/aromatic N) is 1. The van der Waals surface area contributed by atoms with Crippen LogP contribution < -0.4 is 15.0 Å². The van der Waals surface area contributed by atoms with Crippen molar-refractivity contribution in [1.29, 1.82) is 0 Å². The second-order valence-electron chi connectivity index (χ2n) is 6.06. The Hall–Kier alpha value is -2.11. The van der Waals surface area contributed by atoms with Gasteiger partial charge in [-0.25, -0.2) is 0 Å². The van der Waals surface area contributed by atoms with E-state index in [2.05, 4.69) is 40.5 Å². The molecule has 2 aromatic rings. The number of anilines is 1. The molecule has 24 heavy (non-hydrogen) atoms. The van der Waals surface area contributed by atoms with E-state index >= 15 is 0 Å². The van der Waals surface area contributed by atoms with Crippen molar-refractivity contribution >= 4 is 23.0 Å². The van der Waals surface area contributed by atoms with Crippen molar-refractivity contribution in [3.8, 4) is 5.75 Å². The summed E-state index contributed by atoms with van der Waals surface area (Å²) in [5.41, 5.74) is 2.40. The molecule has 0 atom stereocenters. The summed E-state index contributed by atoms with van der Waals surface area (Å²) in [5.74, 6) is 0.851. The second-order valence-corrected chi connectivity index (χ2v) is 6.44. The van der Waals surface area contributed by atoms with Gasteiger partial charge in [-0.05, 0) is 36.5 Å². The standard InChI is InChI=1S/C19H23N3OS/c1-23-18-9-7-17(8-10-18)20-19(24)22-13-11-21(12-14-22)15-16-5-3-2-4-6-16/h2-10H,11-15H2,1H3,(H,20,24)/p+1. The van der Waals surface area contributed by atoms with Crippen LogP contribution in [0.4, 0.5) is 5.69 Å². The third-order valence-electron chi connectivity index (χ3n) is 4.40. The van der Waals surface area contributed by atoms with Crippen molar-refractivity contribution in [3.63, 3.8) is 0 Å². The highest BCUT2D eigenvalue weighted by atomic mass is 32.1. The average molecular weight is 342 g/mol. The maximum Gasteiger partial charge on any atom is 0.173 e. The quantitative estimate of drug-likeness (QED) is 0.829. The molecule has 0 spiro atoms. The third-order valence-corrected chi connectivity index (χ3v) is 4.76. The van der Waals surface area contributed by atoms with Gasteiger partial charge in [0.2, 0.25) is 0 Å². The largest absolute Gasteiger partial charge is 0.497 e. The Labute approximate surface area is 149 Å². The maximum atomic E-state index is 5.56. The van der Waals surface area contributed by atoms with Gasteiger partial charge in [-0.1, -0.05) is 30.3 Å². The van der Waals surface area contributed by atoms with Crippen LogP contribution in [0.15, 0.2) is 54.6 Å². The van der Waals surface area contributed by atoms with E-state index in [4.69, 9.17) is 17.0 Å². The first kappa shape index (κ1) is 16.7. The molecule has 1 aliphatic heterocycles. The third kappa shape index (κ3) is 4.46. The van der Waals surface area contributed by atoms with E-state index in [1.54, 1.807) is 12.0 Å². The van der Waals surface area contributed by atoms with Crippen LogP contribution in [0.2, 0.25) is 0 Å². The van der Waals surface area contributed by atoms with Gasteiger partial charge >= 0.3 is 0 Å². The highest BCUT2D eigenvalue weighted by molar-refractivity contribution is 7.80. The zero-order valence-corrected chi connectivity index (χ0v) is 14.8. The lowest BCUT2D eigenvalue weighted by molar-refractivity contribution is -0.917. The number of hydrogen-bond acceptors (Lipinski definition) is 2. The normalized spacial score (nSPS) is 15.1. The van der Waals surface area contributed by atoms with E-state index in [9.17, 15) is 0 Å². The van der Waals surface area contributed by atoms with Gasteiger partial charge in [0.1, 0.15) is 12.3 Å². The second kappa shape index (κ2) is 8.13. The molecular formula is C19H24N3OS+. The molecule has 0 unspecified atom stereocenters. The first-order valence-corrected chi connectivity index (χ1v) is 8.73. The molecule has 3 rings (SSSR count). The Morgan fingerprint density at radius 2 is 1.75 bits per heavy atom. The zero-order chi connectivity index (χ0) is 16.8. The molecule has 0 aliphatic carbocycles. The van der Waals surface area contributed by atoms with E-state index in [-0.39, 0.29) is 0 Å². The van der Waals surface area contributed by atoms with Crippen LogP contribution in [0, 0.1) is 0 Å². The number of quaternary nitrogens is 1. The summed E-state index contributed by atoms with van der Waals surface area (Å²) in [6.07, 6.45) is 0. The molecule has 126 valence electrons. The van der Waals surface area contributed by atoms with Crippen LogP contribution in [0.25, 0.3) is 0 Å². The lowest BCUT2D eigenvalue weighted by Gasteiger charge is -2.34. The first-order chi connectivity index (χ1) is 11.7. The van der Waals surface area contributed by atoms with Crippen LogP contribution in [0.5, 0.6) is 5.75 Å². The smallest absolute Gasteiger partial charge is 0.173 e. The molecule has 4 nitrogen and oxygen atoms in total.